The van der Waals surface area contributed by atoms with Gasteiger partial charge in [0.25, 0.3) is 0 Å². The molecular weight excluding hydrogens is 715 g/mol. The van der Waals surface area contributed by atoms with Crippen LogP contribution in [0.15, 0.2) is 48.5 Å². The number of carbonyl (C=O) groups is 1. The number of aliphatic hydroxyl groups is 1. The fourth-order valence-corrected chi connectivity index (χ4v) is 5.53. The van der Waals surface area contributed by atoms with Gasteiger partial charge in [0.15, 0.2) is 5.78 Å². The van der Waals surface area contributed by atoms with Gasteiger partial charge in [0.1, 0.15) is 12.1 Å². The first-order valence-corrected chi connectivity index (χ1v) is 15.2. The molecule has 3 heterocycles. The number of hydrogen-bond donors (Lipinski definition) is 1. The van der Waals surface area contributed by atoms with Crippen LogP contribution in [0.3, 0.4) is 0 Å². The van der Waals surface area contributed by atoms with Gasteiger partial charge in [-0.05, 0) is 62.1 Å². The van der Waals surface area contributed by atoms with Crippen molar-refractivity contribution in [1.82, 2.24) is 15.0 Å². The summed E-state index contributed by atoms with van der Waals surface area (Å²) < 4.78 is 6.30. The normalized spacial score (nSPS) is 12.5. The number of nitrogens with zero attached hydrogens (tertiary/aromatic N) is 3. The zero-order valence-electron chi connectivity index (χ0n) is 26.7. The van der Waals surface area contributed by atoms with Gasteiger partial charge in [-0.1, -0.05) is 71.5 Å². The van der Waals surface area contributed by atoms with Crippen molar-refractivity contribution >= 4 is 27.6 Å². The molecule has 1 radical (unpaired) electrons. The molecule has 7 heteroatoms. The van der Waals surface area contributed by atoms with E-state index < -0.39 is 0 Å². The Hall–Kier alpha value is -3.15. The van der Waals surface area contributed by atoms with Gasteiger partial charge in [0.05, 0.1) is 17.0 Å². The monoisotopic (exact) mass is 759 g/mol. The summed E-state index contributed by atoms with van der Waals surface area (Å²) in [5.41, 5.74) is 5.93. The maximum Gasteiger partial charge on any atom is 0.162 e. The van der Waals surface area contributed by atoms with Crippen LogP contribution in [-0.4, -0.2) is 25.8 Å². The molecule has 0 spiro atoms. The third kappa shape index (κ3) is 8.07. The number of aryl methyl sites for hydroxylation is 1. The molecule has 4 aromatic rings. The minimum Gasteiger partial charge on any atom is -0.512 e. The van der Waals surface area contributed by atoms with Crippen molar-refractivity contribution in [1.29, 1.82) is 0 Å². The number of hydrogen-bond acceptors (Lipinski definition) is 6. The Bertz CT molecular complexity index is 1620. The van der Waals surface area contributed by atoms with Gasteiger partial charge in [-0.25, -0.2) is 4.98 Å². The third-order valence-corrected chi connectivity index (χ3v) is 7.87. The zero-order chi connectivity index (χ0) is 30.6. The average Bonchev–Trinajstić information content (AvgIpc) is 2.93. The van der Waals surface area contributed by atoms with Gasteiger partial charge in [-0.15, -0.1) is 12.1 Å². The third-order valence-electron chi connectivity index (χ3n) is 7.87. The molecule has 1 N–H and O–H groups in total. The van der Waals surface area contributed by atoms with E-state index >= 15 is 0 Å². The number of fused-ring (bicyclic) bond motifs is 3. The Morgan fingerprint density at radius 2 is 1.63 bits per heavy atom. The van der Waals surface area contributed by atoms with E-state index in [9.17, 15) is 9.90 Å². The van der Waals surface area contributed by atoms with Crippen LogP contribution in [-0.2, 0) is 31.3 Å². The number of pyridine rings is 1. The molecule has 231 valence electrons. The predicted octanol–water partition coefficient (Wildman–Crippen LogP) is 9.52. The molecule has 0 unspecified atom stereocenters. The summed E-state index contributed by atoms with van der Waals surface area (Å²) in [5.74, 6) is 2.11. The van der Waals surface area contributed by atoms with E-state index in [0.717, 1.165) is 82.4 Å². The number of rotatable bonds is 8. The van der Waals surface area contributed by atoms with Crippen LogP contribution in [0.5, 0.6) is 11.5 Å². The quantitative estimate of drug-likeness (QED) is 0.0965. The van der Waals surface area contributed by atoms with Crippen molar-refractivity contribution < 1.29 is 34.7 Å². The van der Waals surface area contributed by atoms with Crippen molar-refractivity contribution in [2.75, 3.05) is 0 Å². The fourth-order valence-electron chi connectivity index (χ4n) is 5.53. The van der Waals surface area contributed by atoms with Crippen LogP contribution in [0.1, 0.15) is 85.4 Å². The summed E-state index contributed by atoms with van der Waals surface area (Å²) in [5, 5.41) is 11.7. The largest absolute Gasteiger partial charge is 0.512 e. The van der Waals surface area contributed by atoms with Crippen LogP contribution in [0.2, 0.25) is 0 Å². The molecule has 0 saturated heterocycles. The Morgan fingerprint density at radius 3 is 2.26 bits per heavy atom. The zero-order valence-corrected chi connectivity index (χ0v) is 29.1. The van der Waals surface area contributed by atoms with Gasteiger partial charge in [-0.2, -0.15) is 0 Å². The first-order valence-electron chi connectivity index (χ1n) is 15.2. The van der Waals surface area contributed by atoms with Crippen LogP contribution in [0.25, 0.3) is 33.1 Å². The van der Waals surface area contributed by atoms with E-state index in [-0.39, 0.29) is 48.9 Å². The SMILES string of the molecule is CCC(CC)C(=O)/C=C(\O)C(CC)CC.Cc1ccc2[c-]c3c(cc2n1)Oc1cc(CC(C)(C)C)cc2ncnc-3c12.[Ir]. The molecule has 5 rings (SSSR count). The number of ether oxygens (including phenoxy) is 1. The molecule has 2 aromatic heterocycles. The van der Waals surface area contributed by atoms with E-state index in [0.29, 0.717) is 0 Å². The molecule has 1 aliphatic heterocycles. The number of carbonyl (C=O) groups excluding carboxylic acids is 1. The molecule has 0 bridgehead atoms. The van der Waals surface area contributed by atoms with E-state index in [4.69, 9.17) is 4.74 Å². The van der Waals surface area contributed by atoms with Crippen LogP contribution >= 0.6 is 0 Å². The van der Waals surface area contributed by atoms with Gasteiger partial charge in [-0.3, -0.25) is 14.8 Å². The summed E-state index contributed by atoms with van der Waals surface area (Å²) in [6.45, 7) is 16.8. The second-order valence-electron chi connectivity index (χ2n) is 12.4. The maximum absolute atomic E-state index is 11.7. The molecule has 0 saturated carbocycles. The standard InChI is InChI=1S/C23H20N3O.C13H24O2.Ir/c1-13-5-6-15-9-16-19(10-17(15)26-13)27-20-8-14(11-23(2,3)4)7-18-21(20)22(16)25-12-24-18;1-5-10(6-2)12(14)9-13(15)11(7-3)8-4;/h5-8,10,12H,11H2,1-4H3;9-11,14H,5-8H2,1-4H3;/q-1;;/b;12-9-;. The number of allylic oxidation sites excluding steroid dienone is 2. The molecule has 1 aliphatic rings. The van der Waals surface area contributed by atoms with Gasteiger partial charge >= 0.3 is 0 Å². The first kappa shape index (κ1) is 34.3. The molecule has 0 aliphatic carbocycles. The second kappa shape index (κ2) is 14.5. The Labute approximate surface area is 269 Å². The van der Waals surface area contributed by atoms with Gasteiger partial charge in [0.2, 0.25) is 0 Å². The Morgan fingerprint density at radius 1 is 0.953 bits per heavy atom. The second-order valence-corrected chi connectivity index (χ2v) is 12.4. The molecule has 43 heavy (non-hydrogen) atoms. The number of ketones is 1. The summed E-state index contributed by atoms with van der Waals surface area (Å²) >= 11 is 0. The molecule has 0 amide bonds. The first-order chi connectivity index (χ1) is 20.0. The minimum absolute atomic E-state index is 0. The van der Waals surface area contributed by atoms with Gasteiger partial charge < -0.3 is 9.84 Å². The summed E-state index contributed by atoms with van der Waals surface area (Å²) in [7, 11) is 0. The summed E-state index contributed by atoms with van der Waals surface area (Å²) in [6.07, 6.45) is 7.49. The smallest absolute Gasteiger partial charge is 0.162 e. The van der Waals surface area contributed by atoms with Crippen molar-refractivity contribution in [3.63, 3.8) is 0 Å². The van der Waals surface area contributed by atoms with Crippen LogP contribution < -0.4 is 4.74 Å². The van der Waals surface area contributed by atoms with E-state index in [1.165, 1.54) is 11.6 Å². The maximum atomic E-state index is 11.7. The molecule has 6 nitrogen and oxygen atoms in total. The van der Waals surface area contributed by atoms with Crippen molar-refractivity contribution in [2.24, 2.45) is 17.3 Å². The topological polar surface area (TPSA) is 85.2 Å². The average molecular weight is 759 g/mol. The minimum atomic E-state index is 0. The molecule has 0 atom stereocenters. The van der Waals surface area contributed by atoms with Gasteiger partial charge in [0, 0.05) is 60.3 Å². The summed E-state index contributed by atoms with van der Waals surface area (Å²) in [6, 6.07) is 13.7. The summed E-state index contributed by atoms with van der Waals surface area (Å²) in [4.78, 5) is 25.4. The van der Waals surface area contributed by atoms with E-state index in [1.54, 1.807) is 6.33 Å². The number of aromatic nitrogens is 3. The van der Waals surface area contributed by atoms with Crippen LogP contribution in [0, 0.1) is 30.2 Å². The number of benzene rings is 2. The van der Waals surface area contributed by atoms with Crippen LogP contribution in [0.4, 0.5) is 0 Å². The van der Waals surface area contributed by atoms with E-state index in [1.807, 2.05) is 52.8 Å². The van der Waals surface area contributed by atoms with Crippen molar-refractivity contribution in [2.45, 2.75) is 87.5 Å². The fraction of sp³-hybridized carbons (Fsp3) is 0.444. The molecular formula is C36H44IrN3O3-. The van der Waals surface area contributed by atoms with Crippen molar-refractivity contribution in [3.05, 3.63) is 65.8 Å². The number of aliphatic hydroxyl groups excluding tert-OH is 1. The van der Waals surface area contributed by atoms with E-state index in [2.05, 4.69) is 53.9 Å². The Kier molecular flexibility index (Phi) is 11.6. The Balaban J connectivity index is 0.000000274. The molecule has 2 aromatic carbocycles. The predicted molar refractivity (Wildman–Crippen MR) is 171 cm³/mol. The van der Waals surface area contributed by atoms with Crippen molar-refractivity contribution in [3.8, 4) is 22.8 Å². The molecule has 0 fully saturated rings.